The van der Waals surface area contributed by atoms with Crippen LogP contribution in [-0.2, 0) is 0 Å². The molecule has 0 heterocycles. The summed E-state index contributed by atoms with van der Waals surface area (Å²) in [6.45, 7) is 6.38. The van der Waals surface area contributed by atoms with Gasteiger partial charge in [0.1, 0.15) is 0 Å². The van der Waals surface area contributed by atoms with Crippen molar-refractivity contribution in [3.63, 3.8) is 0 Å². The molecule has 0 aliphatic heterocycles. The van der Waals surface area contributed by atoms with Gasteiger partial charge in [0.05, 0.1) is 14.2 Å². The van der Waals surface area contributed by atoms with Gasteiger partial charge in [-0.05, 0) is 31.0 Å². The van der Waals surface area contributed by atoms with Gasteiger partial charge in [0.15, 0.2) is 23.3 Å². The van der Waals surface area contributed by atoms with Crippen molar-refractivity contribution in [3.8, 4) is 11.5 Å². The van der Waals surface area contributed by atoms with E-state index in [-0.39, 0.29) is 11.4 Å². The van der Waals surface area contributed by atoms with E-state index in [0.29, 0.717) is 23.6 Å². The van der Waals surface area contributed by atoms with Gasteiger partial charge in [-0.1, -0.05) is 19.3 Å². The lowest BCUT2D eigenvalue weighted by Crippen LogP contribution is -2.29. The molecule has 1 rings (SSSR count). The molecule has 152 valence electrons. The molecule has 0 aliphatic rings. The summed E-state index contributed by atoms with van der Waals surface area (Å²) < 4.78 is 11.4. The van der Waals surface area contributed by atoms with Crippen LogP contribution in [0.5, 0.6) is 11.5 Å². The summed E-state index contributed by atoms with van der Waals surface area (Å²) in [5, 5.41) is 14.6. The van der Waals surface area contributed by atoms with E-state index >= 15 is 0 Å². The van der Waals surface area contributed by atoms with Gasteiger partial charge in [-0.2, -0.15) is 0 Å². The zero-order chi connectivity index (χ0) is 20.3. The minimum atomic E-state index is -0.355. The van der Waals surface area contributed by atoms with E-state index in [1.807, 2.05) is 20.8 Å². The molecule has 0 bridgehead atoms. The monoisotopic (exact) mass is 378 g/mol. The van der Waals surface area contributed by atoms with Crippen LogP contribution in [0.25, 0.3) is 0 Å². The first-order valence-corrected chi connectivity index (χ1v) is 9.59. The van der Waals surface area contributed by atoms with Gasteiger partial charge in [-0.25, -0.2) is 4.74 Å². The molecular weight excluding hydrogens is 344 g/mol. The first-order chi connectivity index (χ1) is 12.8. The highest BCUT2D eigenvalue weighted by molar-refractivity contribution is 5.94. The molecule has 0 spiro atoms. The molecule has 0 radical (unpaired) electrons. The van der Waals surface area contributed by atoms with Gasteiger partial charge in [0.2, 0.25) is 0 Å². The number of benzene rings is 1. The summed E-state index contributed by atoms with van der Waals surface area (Å²) in [6, 6.07) is 5.14. The highest BCUT2D eigenvalue weighted by atomic mass is 16.5. The average Bonchev–Trinajstić information content (AvgIpc) is 2.64. The molecule has 6 nitrogen and oxygen atoms in total. The lowest BCUT2D eigenvalue weighted by atomic mass is 10.1. The Hall–Kier alpha value is -2.24. The molecule has 1 aromatic carbocycles. The Morgan fingerprint density at radius 1 is 1.07 bits per heavy atom. The first-order valence-electron chi connectivity index (χ1n) is 9.59. The molecule has 0 aliphatic carbocycles. The van der Waals surface area contributed by atoms with Crippen molar-refractivity contribution in [3.05, 3.63) is 29.0 Å². The van der Waals surface area contributed by atoms with Gasteiger partial charge >= 0.3 is 0 Å². The quantitative estimate of drug-likeness (QED) is 0.206. The topological polar surface area (TPSA) is 73.6 Å². The maximum atomic E-state index is 12.2. The molecule has 1 amide bonds. The number of ether oxygens (including phenoxy) is 2. The number of hydrogen-bond acceptors (Lipinski definition) is 4. The van der Waals surface area contributed by atoms with Gasteiger partial charge in [0.25, 0.3) is 5.91 Å². The zero-order valence-corrected chi connectivity index (χ0v) is 17.3. The highest BCUT2D eigenvalue weighted by Gasteiger charge is 2.17. The van der Waals surface area contributed by atoms with Crippen molar-refractivity contribution >= 4 is 12.1 Å². The lowest BCUT2D eigenvalue weighted by Gasteiger charge is -2.18. The van der Waals surface area contributed by atoms with Gasteiger partial charge in [0, 0.05) is 39.3 Å². The lowest BCUT2D eigenvalue weighted by molar-refractivity contribution is -0.532. The van der Waals surface area contributed by atoms with Crippen LogP contribution in [-0.4, -0.2) is 43.2 Å². The molecule has 1 aromatic rings. The number of amides is 1. The zero-order valence-electron chi connectivity index (χ0n) is 17.3. The van der Waals surface area contributed by atoms with E-state index in [1.165, 1.54) is 0 Å². The highest BCUT2D eigenvalue weighted by Crippen LogP contribution is 2.27. The van der Waals surface area contributed by atoms with Crippen LogP contribution in [0.2, 0.25) is 0 Å². The molecule has 1 N–H and O–H groups in total. The Bertz CT molecular complexity index is 621. The number of methoxy groups -OCH3 is 2. The Balaban J connectivity index is 2.19. The third-order valence-electron chi connectivity index (χ3n) is 4.27. The Morgan fingerprint density at radius 2 is 1.70 bits per heavy atom. The summed E-state index contributed by atoms with van der Waals surface area (Å²) in [7, 11) is 3.12. The van der Waals surface area contributed by atoms with E-state index in [4.69, 9.17) is 9.47 Å². The van der Waals surface area contributed by atoms with Crippen LogP contribution in [0, 0.1) is 5.21 Å². The largest absolute Gasteiger partial charge is 0.624 e. The molecule has 0 aromatic heterocycles. The molecule has 0 fully saturated rings. The SMILES string of the molecule is COc1ccc(C(=O)NCCCCCCC/C=[N+](\[O-])C(C)(C)C)cc1OC. The van der Waals surface area contributed by atoms with Crippen LogP contribution in [0.1, 0.15) is 69.7 Å². The fraction of sp³-hybridized carbons (Fsp3) is 0.619. The third kappa shape index (κ3) is 8.33. The summed E-state index contributed by atoms with van der Waals surface area (Å²) in [5.74, 6) is 1.04. The Morgan fingerprint density at radius 3 is 2.33 bits per heavy atom. The van der Waals surface area contributed by atoms with Crippen LogP contribution in [0.3, 0.4) is 0 Å². The van der Waals surface area contributed by atoms with E-state index in [0.717, 1.165) is 43.3 Å². The fourth-order valence-electron chi connectivity index (χ4n) is 2.56. The van der Waals surface area contributed by atoms with E-state index in [2.05, 4.69) is 5.32 Å². The number of hydrogen-bond donors (Lipinski definition) is 1. The van der Waals surface area contributed by atoms with E-state index in [9.17, 15) is 10.0 Å². The van der Waals surface area contributed by atoms with Crippen LogP contribution in [0.15, 0.2) is 18.2 Å². The molecule has 27 heavy (non-hydrogen) atoms. The molecule has 0 atom stereocenters. The van der Waals surface area contributed by atoms with Crippen molar-refractivity contribution in [2.45, 2.75) is 64.8 Å². The number of hydroxylamine groups is 1. The smallest absolute Gasteiger partial charge is 0.251 e. The number of nitrogens with one attached hydrogen (secondary N) is 1. The van der Waals surface area contributed by atoms with Gasteiger partial charge in [-0.3, -0.25) is 4.79 Å². The summed E-state index contributed by atoms with van der Waals surface area (Å²) in [6.07, 6.45) is 7.78. The molecule has 6 heteroatoms. The second-order valence-corrected chi connectivity index (χ2v) is 7.56. The predicted octanol–water partition coefficient (Wildman–Crippen LogP) is 4.15. The van der Waals surface area contributed by atoms with Crippen molar-refractivity contribution in [2.24, 2.45) is 0 Å². The number of carbonyl (C=O) groups is 1. The number of unbranched alkanes of at least 4 members (excludes halogenated alkanes) is 5. The standard InChI is InChI=1S/C21H34N2O4/c1-21(2,3)23(25)15-11-9-7-6-8-10-14-22-20(24)17-12-13-18(26-4)19(16-17)27-5/h12-13,15-16H,6-11,14H2,1-5H3,(H,22,24)/b23-15-. The minimum Gasteiger partial charge on any atom is -0.624 e. The summed E-state index contributed by atoms with van der Waals surface area (Å²) in [4.78, 5) is 12.2. The van der Waals surface area contributed by atoms with Gasteiger partial charge < -0.3 is 20.0 Å². The summed E-state index contributed by atoms with van der Waals surface area (Å²) in [5.41, 5.74) is 0.204. The maximum absolute atomic E-state index is 12.2. The Labute approximate surface area is 163 Å². The second-order valence-electron chi connectivity index (χ2n) is 7.56. The first kappa shape index (κ1) is 22.8. The minimum absolute atomic E-state index is 0.108. The molecule has 0 saturated carbocycles. The normalized spacial score (nSPS) is 12.0. The van der Waals surface area contributed by atoms with Crippen LogP contribution >= 0.6 is 0 Å². The predicted molar refractivity (Wildman–Crippen MR) is 109 cm³/mol. The van der Waals surface area contributed by atoms with Crippen molar-refractivity contribution in [1.29, 1.82) is 0 Å². The van der Waals surface area contributed by atoms with Crippen LogP contribution in [0.4, 0.5) is 0 Å². The van der Waals surface area contributed by atoms with Gasteiger partial charge in [-0.15, -0.1) is 0 Å². The molecular formula is C21H34N2O4. The second kappa shape index (κ2) is 11.5. The van der Waals surface area contributed by atoms with Crippen LogP contribution < -0.4 is 14.8 Å². The van der Waals surface area contributed by atoms with Crippen molar-refractivity contribution in [1.82, 2.24) is 5.32 Å². The number of carbonyl (C=O) groups excluding carboxylic acids is 1. The third-order valence-corrected chi connectivity index (χ3v) is 4.27. The maximum Gasteiger partial charge on any atom is 0.251 e. The summed E-state index contributed by atoms with van der Waals surface area (Å²) >= 11 is 0. The average molecular weight is 379 g/mol. The Kier molecular flexibility index (Phi) is 9.68. The van der Waals surface area contributed by atoms with Crippen molar-refractivity contribution in [2.75, 3.05) is 20.8 Å². The number of rotatable bonds is 11. The molecule has 0 unspecified atom stereocenters. The number of nitrogens with zero attached hydrogens (tertiary/aromatic N) is 1. The fourth-order valence-corrected chi connectivity index (χ4v) is 2.56. The molecule has 0 saturated heterocycles. The van der Waals surface area contributed by atoms with E-state index in [1.54, 1.807) is 38.6 Å². The van der Waals surface area contributed by atoms with E-state index < -0.39 is 0 Å². The van der Waals surface area contributed by atoms with Crippen molar-refractivity contribution < 1.29 is 19.0 Å².